The Morgan fingerprint density at radius 3 is 2.66 bits per heavy atom. The number of hydrogen-bond acceptors (Lipinski definition) is 4. The van der Waals surface area contributed by atoms with Crippen molar-refractivity contribution in [2.45, 2.75) is 58.8 Å². The molecule has 0 aromatic heterocycles. The number of ether oxygens (including phenoxy) is 1. The molecule has 4 rings (SSSR count). The number of hydrogen-bond donors (Lipinski definition) is 1. The molecule has 0 bridgehead atoms. The first-order chi connectivity index (χ1) is 13.7. The zero-order chi connectivity index (χ0) is 21.0. The van der Waals surface area contributed by atoms with Crippen LogP contribution in [0.25, 0.3) is 0 Å². The Kier molecular flexibility index (Phi) is 4.99. The summed E-state index contributed by atoms with van der Waals surface area (Å²) in [4.78, 5) is 36.0. The SMILES string of the molecule is COC(=O)[C@@H]1CC2=CC(=O)C=C[C@@]2(C)[C@H]2CC[C@@]3(C)C(CCC(=O)O)CC[C@H]3[C@H]12. The van der Waals surface area contributed by atoms with Gasteiger partial charge in [-0.05, 0) is 79.8 Å². The fraction of sp³-hybridized carbons (Fsp3) is 0.708. The lowest BCUT2D eigenvalue weighted by atomic mass is 9.45. The number of carboxylic acid groups (broad SMARTS) is 1. The van der Waals surface area contributed by atoms with Gasteiger partial charge in [-0.1, -0.05) is 25.5 Å². The van der Waals surface area contributed by atoms with Gasteiger partial charge in [0.15, 0.2) is 5.78 Å². The van der Waals surface area contributed by atoms with E-state index in [1.807, 2.05) is 0 Å². The number of allylic oxidation sites excluding steroid dienone is 4. The molecule has 1 unspecified atom stereocenters. The quantitative estimate of drug-likeness (QED) is 0.716. The molecule has 1 N–H and O–H groups in total. The van der Waals surface area contributed by atoms with E-state index < -0.39 is 5.97 Å². The number of rotatable bonds is 4. The molecule has 4 aliphatic rings. The average Bonchev–Trinajstić information content (AvgIpc) is 3.02. The number of ketones is 1. The van der Waals surface area contributed by atoms with Crippen LogP contribution >= 0.6 is 0 Å². The van der Waals surface area contributed by atoms with E-state index in [2.05, 4.69) is 19.9 Å². The predicted molar refractivity (Wildman–Crippen MR) is 108 cm³/mol. The van der Waals surface area contributed by atoms with Gasteiger partial charge in [-0.15, -0.1) is 0 Å². The Morgan fingerprint density at radius 2 is 1.97 bits per heavy atom. The first kappa shape index (κ1) is 20.4. The molecule has 0 heterocycles. The standard InChI is InChI=1S/C24H32O5/c1-23-11-9-19-21(18(23)6-4-14(23)5-7-20(26)27)17(22(28)29-3)13-15-12-16(25)8-10-24(15,19)2/h8,10,12,14,17-19,21H,4-7,9,11,13H2,1-3H3,(H,26,27)/t14?,17-,18+,19+,21+,23+,24-/m1/s1. The second kappa shape index (κ2) is 7.10. The molecule has 0 aliphatic heterocycles. The summed E-state index contributed by atoms with van der Waals surface area (Å²) in [7, 11) is 1.46. The van der Waals surface area contributed by atoms with Gasteiger partial charge in [0.25, 0.3) is 0 Å². The summed E-state index contributed by atoms with van der Waals surface area (Å²) >= 11 is 0. The lowest BCUT2D eigenvalue weighted by molar-refractivity contribution is -0.156. The number of aliphatic carboxylic acids is 1. The highest BCUT2D eigenvalue weighted by Crippen LogP contribution is 2.67. The summed E-state index contributed by atoms with van der Waals surface area (Å²) in [6.45, 7) is 4.56. The van der Waals surface area contributed by atoms with E-state index in [4.69, 9.17) is 4.74 Å². The molecule has 0 saturated heterocycles. The Morgan fingerprint density at radius 1 is 1.21 bits per heavy atom. The molecule has 0 radical (unpaired) electrons. The first-order valence-corrected chi connectivity index (χ1v) is 10.9. The number of carbonyl (C=O) groups excluding carboxylic acids is 2. The topological polar surface area (TPSA) is 80.7 Å². The molecule has 3 saturated carbocycles. The minimum atomic E-state index is -0.727. The smallest absolute Gasteiger partial charge is 0.309 e. The molecule has 5 heteroatoms. The maximum absolute atomic E-state index is 12.8. The third-order valence-electron chi connectivity index (χ3n) is 9.02. The van der Waals surface area contributed by atoms with Gasteiger partial charge in [0.2, 0.25) is 0 Å². The number of carboxylic acids is 1. The highest BCUT2D eigenvalue weighted by molar-refractivity contribution is 6.01. The van der Waals surface area contributed by atoms with Gasteiger partial charge in [0.05, 0.1) is 13.0 Å². The summed E-state index contributed by atoms with van der Waals surface area (Å²) in [6, 6.07) is 0. The van der Waals surface area contributed by atoms with Crippen LogP contribution in [0.2, 0.25) is 0 Å². The van der Waals surface area contributed by atoms with Crippen molar-refractivity contribution in [2.24, 2.45) is 40.4 Å². The molecule has 158 valence electrons. The molecular formula is C24H32O5. The minimum absolute atomic E-state index is 0.00906. The maximum Gasteiger partial charge on any atom is 0.309 e. The van der Waals surface area contributed by atoms with Gasteiger partial charge < -0.3 is 9.84 Å². The third-order valence-corrected chi connectivity index (χ3v) is 9.02. The Balaban J connectivity index is 1.70. The van der Waals surface area contributed by atoms with Crippen LogP contribution in [-0.4, -0.2) is 29.9 Å². The van der Waals surface area contributed by atoms with E-state index in [1.54, 1.807) is 12.2 Å². The molecular weight excluding hydrogens is 368 g/mol. The zero-order valence-electron chi connectivity index (χ0n) is 17.6. The van der Waals surface area contributed by atoms with Gasteiger partial charge >= 0.3 is 11.9 Å². The molecule has 0 spiro atoms. The summed E-state index contributed by atoms with van der Waals surface area (Å²) < 4.78 is 5.22. The molecule has 3 fully saturated rings. The number of carbonyl (C=O) groups is 3. The lowest BCUT2D eigenvalue weighted by Gasteiger charge is -2.59. The van der Waals surface area contributed by atoms with E-state index >= 15 is 0 Å². The second-order valence-corrected chi connectivity index (χ2v) is 10.1. The molecule has 29 heavy (non-hydrogen) atoms. The zero-order valence-corrected chi connectivity index (χ0v) is 17.6. The van der Waals surface area contributed by atoms with Crippen molar-refractivity contribution in [1.82, 2.24) is 0 Å². The van der Waals surface area contributed by atoms with Gasteiger partial charge in [-0.25, -0.2) is 0 Å². The molecule has 0 amide bonds. The van der Waals surface area contributed by atoms with E-state index in [9.17, 15) is 19.5 Å². The summed E-state index contributed by atoms with van der Waals surface area (Å²) in [5.41, 5.74) is 0.976. The molecule has 0 aromatic carbocycles. The lowest BCUT2D eigenvalue weighted by Crippen LogP contribution is -2.54. The third kappa shape index (κ3) is 3.08. The van der Waals surface area contributed by atoms with Crippen molar-refractivity contribution >= 4 is 17.7 Å². The Hall–Kier alpha value is -1.91. The molecule has 0 aromatic rings. The van der Waals surface area contributed by atoms with Crippen LogP contribution in [0.3, 0.4) is 0 Å². The van der Waals surface area contributed by atoms with Gasteiger partial charge in [0, 0.05) is 11.8 Å². The van der Waals surface area contributed by atoms with Crippen LogP contribution in [-0.2, 0) is 19.1 Å². The molecule has 4 aliphatic carbocycles. The van der Waals surface area contributed by atoms with Crippen molar-refractivity contribution in [3.8, 4) is 0 Å². The van der Waals surface area contributed by atoms with Crippen molar-refractivity contribution in [3.63, 3.8) is 0 Å². The van der Waals surface area contributed by atoms with Crippen molar-refractivity contribution < 1.29 is 24.2 Å². The van der Waals surface area contributed by atoms with E-state index in [0.29, 0.717) is 24.2 Å². The largest absolute Gasteiger partial charge is 0.481 e. The fourth-order valence-corrected chi connectivity index (χ4v) is 7.48. The monoisotopic (exact) mass is 400 g/mol. The van der Waals surface area contributed by atoms with Crippen LogP contribution in [0.5, 0.6) is 0 Å². The summed E-state index contributed by atoms with van der Waals surface area (Å²) in [5, 5.41) is 9.17. The van der Waals surface area contributed by atoms with E-state index in [0.717, 1.165) is 37.7 Å². The predicted octanol–water partition coefficient (Wildman–Crippen LogP) is 4.17. The van der Waals surface area contributed by atoms with Crippen molar-refractivity contribution in [2.75, 3.05) is 7.11 Å². The summed E-state index contributed by atoms with van der Waals surface area (Å²) in [5.74, 6) is 0.229. The first-order valence-electron chi connectivity index (χ1n) is 10.9. The highest BCUT2D eigenvalue weighted by Gasteiger charge is 2.62. The number of esters is 1. The normalized spacial score (nSPS) is 43.1. The van der Waals surface area contributed by atoms with Crippen LogP contribution in [0.1, 0.15) is 58.8 Å². The maximum atomic E-state index is 12.8. The minimum Gasteiger partial charge on any atom is -0.481 e. The number of fused-ring (bicyclic) bond motifs is 5. The van der Waals surface area contributed by atoms with Crippen LogP contribution in [0.15, 0.2) is 23.8 Å². The van der Waals surface area contributed by atoms with Gasteiger partial charge in [-0.2, -0.15) is 0 Å². The molecule has 7 atom stereocenters. The Labute approximate surface area is 172 Å². The van der Waals surface area contributed by atoms with Crippen LogP contribution in [0, 0.1) is 40.4 Å². The summed E-state index contributed by atoms with van der Waals surface area (Å²) in [6.07, 6.45) is 11.2. The van der Waals surface area contributed by atoms with Crippen molar-refractivity contribution in [3.05, 3.63) is 23.8 Å². The van der Waals surface area contributed by atoms with E-state index in [1.165, 1.54) is 7.11 Å². The van der Waals surface area contributed by atoms with Gasteiger partial charge in [-0.3, -0.25) is 14.4 Å². The second-order valence-electron chi connectivity index (χ2n) is 10.1. The highest BCUT2D eigenvalue weighted by atomic mass is 16.5. The fourth-order valence-electron chi connectivity index (χ4n) is 7.48. The van der Waals surface area contributed by atoms with Crippen LogP contribution in [0.4, 0.5) is 0 Å². The van der Waals surface area contributed by atoms with Gasteiger partial charge in [0.1, 0.15) is 0 Å². The van der Waals surface area contributed by atoms with E-state index in [-0.39, 0.29) is 40.8 Å². The molecule has 5 nitrogen and oxygen atoms in total. The van der Waals surface area contributed by atoms with Crippen molar-refractivity contribution in [1.29, 1.82) is 0 Å². The average molecular weight is 401 g/mol. The Bertz CT molecular complexity index is 795. The van der Waals surface area contributed by atoms with Crippen LogP contribution < -0.4 is 0 Å². The number of methoxy groups -OCH3 is 1.